The average molecular weight is 278 g/mol. The van der Waals surface area contributed by atoms with E-state index >= 15 is 0 Å². The Kier molecular flexibility index (Phi) is 3.52. The SMILES string of the molecule is CC(C)(C)OC(=O)N1[C@@H]2CC[C@H]1CC([B-](F)(F)F)C2. The molecule has 7 heteroatoms. The van der Waals surface area contributed by atoms with Gasteiger partial charge in [0.1, 0.15) is 5.60 Å². The molecule has 0 aromatic rings. The number of nitrogens with zero attached hydrogens (tertiary/aromatic N) is 1. The number of ether oxygens (including phenoxy) is 1. The van der Waals surface area contributed by atoms with Crippen molar-refractivity contribution in [1.82, 2.24) is 4.90 Å². The van der Waals surface area contributed by atoms with Gasteiger partial charge in [0.25, 0.3) is 0 Å². The summed E-state index contributed by atoms with van der Waals surface area (Å²) >= 11 is 0. The lowest BCUT2D eigenvalue weighted by Gasteiger charge is -2.42. The van der Waals surface area contributed by atoms with Crippen LogP contribution in [0.5, 0.6) is 0 Å². The molecule has 19 heavy (non-hydrogen) atoms. The zero-order valence-electron chi connectivity index (χ0n) is 11.5. The Morgan fingerprint density at radius 2 is 1.63 bits per heavy atom. The van der Waals surface area contributed by atoms with Crippen LogP contribution in [0, 0.1) is 0 Å². The van der Waals surface area contributed by atoms with Crippen molar-refractivity contribution in [2.45, 2.75) is 70.0 Å². The second kappa shape index (κ2) is 4.60. The first kappa shape index (κ1) is 14.5. The van der Waals surface area contributed by atoms with Crippen LogP contribution in [-0.4, -0.2) is 35.7 Å². The van der Waals surface area contributed by atoms with Gasteiger partial charge in [-0.25, -0.2) is 4.79 Å². The molecule has 3 nitrogen and oxygen atoms in total. The monoisotopic (exact) mass is 278 g/mol. The van der Waals surface area contributed by atoms with E-state index in [9.17, 15) is 17.7 Å². The van der Waals surface area contributed by atoms with Crippen LogP contribution in [0.4, 0.5) is 17.7 Å². The summed E-state index contributed by atoms with van der Waals surface area (Å²) in [6, 6.07) is -0.607. The van der Waals surface area contributed by atoms with E-state index in [2.05, 4.69) is 0 Å². The maximum atomic E-state index is 12.8. The van der Waals surface area contributed by atoms with E-state index in [-0.39, 0.29) is 24.9 Å². The minimum absolute atomic E-state index is 0.0409. The number of halogens is 3. The van der Waals surface area contributed by atoms with Crippen molar-refractivity contribution in [1.29, 1.82) is 0 Å². The predicted octanol–water partition coefficient (Wildman–Crippen LogP) is 3.77. The van der Waals surface area contributed by atoms with Crippen molar-refractivity contribution in [3.63, 3.8) is 0 Å². The van der Waals surface area contributed by atoms with Crippen LogP contribution < -0.4 is 0 Å². The average Bonchev–Trinajstić information content (AvgIpc) is 2.45. The van der Waals surface area contributed by atoms with E-state index in [0.29, 0.717) is 12.8 Å². The topological polar surface area (TPSA) is 29.5 Å². The van der Waals surface area contributed by atoms with Gasteiger partial charge in [-0.2, -0.15) is 0 Å². The summed E-state index contributed by atoms with van der Waals surface area (Å²) in [6.07, 6.45) is 0.936. The first-order valence-corrected chi connectivity index (χ1v) is 6.79. The van der Waals surface area contributed by atoms with Gasteiger partial charge in [-0.05, 0) is 33.6 Å². The molecule has 2 saturated heterocycles. The Morgan fingerprint density at radius 3 is 2.00 bits per heavy atom. The van der Waals surface area contributed by atoms with Gasteiger partial charge in [0, 0.05) is 12.1 Å². The molecule has 0 aromatic carbocycles. The third kappa shape index (κ3) is 3.18. The van der Waals surface area contributed by atoms with E-state index in [1.807, 2.05) is 0 Å². The highest BCUT2D eigenvalue weighted by molar-refractivity contribution is 6.60. The standard InChI is InChI=1S/C12H20BF3NO2/c1-12(2,3)19-11(18)17-9-4-5-10(17)7-8(6-9)13(14,15)16/h8-10H,4-7H2,1-3H3/q-1/t8?,9-,10+. The number of fused-ring (bicyclic) bond motifs is 2. The van der Waals surface area contributed by atoms with Gasteiger partial charge in [-0.3, -0.25) is 0 Å². The molecule has 0 radical (unpaired) electrons. The Hall–Kier alpha value is -0.875. The van der Waals surface area contributed by atoms with Gasteiger partial charge in [0.15, 0.2) is 0 Å². The molecule has 2 aliphatic heterocycles. The Morgan fingerprint density at radius 1 is 1.16 bits per heavy atom. The van der Waals surface area contributed by atoms with E-state index < -0.39 is 24.5 Å². The normalized spacial score (nSPS) is 31.5. The highest BCUT2D eigenvalue weighted by Crippen LogP contribution is 2.47. The lowest BCUT2D eigenvalue weighted by Crippen LogP contribution is -2.50. The van der Waals surface area contributed by atoms with Crippen LogP contribution in [0.3, 0.4) is 0 Å². The van der Waals surface area contributed by atoms with Crippen LogP contribution in [0.15, 0.2) is 0 Å². The maximum absolute atomic E-state index is 12.8. The second-order valence-electron chi connectivity index (χ2n) is 6.63. The quantitative estimate of drug-likeness (QED) is 0.683. The summed E-state index contributed by atoms with van der Waals surface area (Å²) in [6.45, 7) is 0.488. The number of carbonyl (C=O) groups is 1. The molecular formula is C12H20BF3NO2-. The number of carbonyl (C=O) groups excluding carboxylic acids is 1. The minimum Gasteiger partial charge on any atom is -0.449 e. The van der Waals surface area contributed by atoms with Gasteiger partial charge >= 0.3 is 13.1 Å². The van der Waals surface area contributed by atoms with Crippen molar-refractivity contribution in [2.24, 2.45) is 0 Å². The fourth-order valence-electron chi connectivity index (χ4n) is 3.14. The Bertz CT molecular complexity index is 353. The highest BCUT2D eigenvalue weighted by Gasteiger charge is 2.49. The summed E-state index contributed by atoms with van der Waals surface area (Å²) in [7, 11) is 0. The summed E-state index contributed by atoms with van der Waals surface area (Å²) < 4.78 is 43.8. The predicted molar refractivity (Wildman–Crippen MR) is 66.9 cm³/mol. The third-order valence-electron chi connectivity index (χ3n) is 3.91. The van der Waals surface area contributed by atoms with Crippen LogP contribution in [0.25, 0.3) is 0 Å². The zero-order valence-corrected chi connectivity index (χ0v) is 11.5. The van der Waals surface area contributed by atoms with Gasteiger partial charge < -0.3 is 22.6 Å². The maximum Gasteiger partial charge on any atom is 0.481 e. The molecule has 0 aromatic heterocycles. The summed E-state index contributed by atoms with van der Waals surface area (Å²) in [5.74, 6) is -1.21. The van der Waals surface area contributed by atoms with E-state index in [1.54, 1.807) is 25.7 Å². The lowest BCUT2D eigenvalue weighted by molar-refractivity contribution is 0.00666. The second-order valence-corrected chi connectivity index (χ2v) is 6.63. The van der Waals surface area contributed by atoms with Crippen molar-refractivity contribution in [2.75, 3.05) is 0 Å². The fraction of sp³-hybridized carbons (Fsp3) is 0.917. The summed E-state index contributed by atoms with van der Waals surface area (Å²) in [5.41, 5.74) is -0.610. The van der Waals surface area contributed by atoms with E-state index in [1.165, 1.54) is 0 Å². The van der Waals surface area contributed by atoms with Gasteiger partial charge in [0.2, 0.25) is 0 Å². The van der Waals surface area contributed by atoms with Crippen molar-refractivity contribution < 1.29 is 22.5 Å². The molecule has 2 heterocycles. The summed E-state index contributed by atoms with van der Waals surface area (Å²) in [4.78, 5) is 13.6. The van der Waals surface area contributed by atoms with Crippen molar-refractivity contribution in [3.05, 3.63) is 0 Å². The molecule has 0 aliphatic carbocycles. The van der Waals surface area contributed by atoms with E-state index in [0.717, 1.165) is 0 Å². The molecule has 2 rings (SSSR count). The molecule has 110 valence electrons. The summed E-state index contributed by atoms with van der Waals surface area (Å²) in [5, 5.41) is 0. The lowest BCUT2D eigenvalue weighted by atomic mass is 9.65. The molecule has 1 unspecified atom stereocenters. The molecule has 2 fully saturated rings. The van der Waals surface area contributed by atoms with Crippen molar-refractivity contribution >= 4 is 13.1 Å². The molecule has 2 aliphatic rings. The van der Waals surface area contributed by atoms with E-state index in [4.69, 9.17) is 4.74 Å². The Balaban J connectivity index is 2.05. The fourth-order valence-corrected chi connectivity index (χ4v) is 3.14. The zero-order chi connectivity index (χ0) is 14.4. The molecule has 1 amide bonds. The highest BCUT2D eigenvalue weighted by atomic mass is 19.4. The van der Waals surface area contributed by atoms with Gasteiger partial charge in [-0.1, -0.05) is 18.7 Å². The van der Waals surface area contributed by atoms with Gasteiger partial charge in [-0.15, -0.1) is 0 Å². The number of piperidine rings is 1. The number of hydrogen-bond donors (Lipinski definition) is 0. The molecule has 0 N–H and O–H groups in total. The smallest absolute Gasteiger partial charge is 0.449 e. The van der Waals surface area contributed by atoms with Gasteiger partial charge in [0.05, 0.1) is 0 Å². The number of hydrogen-bond acceptors (Lipinski definition) is 2. The number of amides is 1. The number of rotatable bonds is 1. The van der Waals surface area contributed by atoms with Crippen LogP contribution in [0.1, 0.15) is 46.5 Å². The molecule has 0 saturated carbocycles. The van der Waals surface area contributed by atoms with Crippen LogP contribution in [-0.2, 0) is 4.74 Å². The first-order valence-electron chi connectivity index (χ1n) is 6.79. The third-order valence-corrected chi connectivity index (χ3v) is 3.91. The molecule has 3 atom stereocenters. The Labute approximate surface area is 111 Å². The molecule has 2 bridgehead atoms. The first-order chi connectivity index (χ1) is 8.58. The van der Waals surface area contributed by atoms with Crippen molar-refractivity contribution in [3.8, 4) is 0 Å². The minimum atomic E-state index is -4.80. The van der Waals surface area contributed by atoms with Crippen LogP contribution >= 0.6 is 0 Å². The molecular weight excluding hydrogens is 258 g/mol. The van der Waals surface area contributed by atoms with Crippen LogP contribution in [0.2, 0.25) is 5.82 Å². The molecule has 0 spiro atoms. The largest absolute Gasteiger partial charge is 0.481 e.